The number of pyridine rings is 1. The van der Waals surface area contributed by atoms with E-state index in [1.807, 2.05) is 12.1 Å². The summed E-state index contributed by atoms with van der Waals surface area (Å²) in [5.41, 5.74) is 7.59. The summed E-state index contributed by atoms with van der Waals surface area (Å²) in [6.45, 7) is 7.16. The Labute approximate surface area is 126 Å². The summed E-state index contributed by atoms with van der Waals surface area (Å²) < 4.78 is 14.5. The van der Waals surface area contributed by atoms with Gasteiger partial charge in [-0.2, -0.15) is 0 Å². The Morgan fingerprint density at radius 3 is 2.76 bits per heavy atom. The largest absolute Gasteiger partial charge is 0.398 e. The van der Waals surface area contributed by atoms with Gasteiger partial charge in [0.1, 0.15) is 5.69 Å². The van der Waals surface area contributed by atoms with Gasteiger partial charge in [0.15, 0.2) is 5.82 Å². The molecule has 2 rings (SSSR count). The lowest BCUT2D eigenvalue weighted by Gasteiger charge is -2.30. The third-order valence-corrected chi connectivity index (χ3v) is 3.76. The minimum absolute atomic E-state index is 0.213. The molecule has 0 saturated carbocycles. The van der Waals surface area contributed by atoms with Crippen molar-refractivity contribution in [1.82, 2.24) is 4.98 Å². The van der Waals surface area contributed by atoms with Crippen molar-refractivity contribution in [2.75, 3.05) is 17.2 Å². The minimum atomic E-state index is -0.288. The van der Waals surface area contributed by atoms with Crippen molar-refractivity contribution in [3.63, 3.8) is 0 Å². The van der Waals surface area contributed by atoms with Crippen molar-refractivity contribution in [2.45, 2.75) is 46.1 Å². The summed E-state index contributed by atoms with van der Waals surface area (Å²) in [6.07, 6.45) is 5.03. The smallest absolute Gasteiger partial charge is 0.150 e. The number of hydrogen-bond donors (Lipinski definition) is 1. The first-order chi connectivity index (χ1) is 10.1. The molecular weight excluding hydrogens is 265 g/mol. The maximum Gasteiger partial charge on any atom is 0.150 e. The molecule has 2 N–H and O–H groups in total. The van der Waals surface area contributed by atoms with Crippen LogP contribution in [0.15, 0.2) is 24.4 Å². The van der Waals surface area contributed by atoms with E-state index in [1.165, 1.54) is 6.07 Å². The van der Waals surface area contributed by atoms with Gasteiger partial charge in [0.25, 0.3) is 0 Å². The molecule has 0 radical (unpaired) electrons. The summed E-state index contributed by atoms with van der Waals surface area (Å²) in [4.78, 5) is 6.47. The molecule has 1 aromatic heterocycles. The molecule has 1 heterocycles. The fourth-order valence-corrected chi connectivity index (χ4v) is 2.66. The molecule has 0 spiro atoms. The number of unbranched alkanes of at least 4 members (excludes halogenated alkanes) is 2. The summed E-state index contributed by atoms with van der Waals surface area (Å²) in [6, 6.07) is 5.35. The van der Waals surface area contributed by atoms with E-state index < -0.39 is 0 Å². The van der Waals surface area contributed by atoms with Gasteiger partial charge in [0, 0.05) is 29.9 Å². The highest BCUT2D eigenvalue weighted by molar-refractivity contribution is 5.99. The molecule has 0 unspecified atom stereocenters. The fraction of sp³-hybridized carbons (Fsp3) is 0.471. The topological polar surface area (TPSA) is 42.1 Å². The van der Waals surface area contributed by atoms with E-state index >= 15 is 0 Å². The first-order valence-corrected chi connectivity index (χ1v) is 7.65. The Morgan fingerprint density at radius 2 is 2.10 bits per heavy atom. The van der Waals surface area contributed by atoms with Crippen molar-refractivity contribution in [3.8, 4) is 0 Å². The van der Waals surface area contributed by atoms with Crippen LogP contribution in [0.3, 0.4) is 0 Å². The van der Waals surface area contributed by atoms with Crippen molar-refractivity contribution < 1.29 is 4.39 Å². The summed E-state index contributed by atoms with van der Waals surface area (Å²) in [7, 11) is 0. The molecule has 0 aliphatic carbocycles. The van der Waals surface area contributed by atoms with Crippen molar-refractivity contribution in [2.24, 2.45) is 0 Å². The summed E-state index contributed by atoms with van der Waals surface area (Å²) in [5.74, 6) is -0.288. The van der Waals surface area contributed by atoms with Gasteiger partial charge in [-0.15, -0.1) is 0 Å². The molecule has 0 saturated heterocycles. The highest BCUT2D eigenvalue weighted by Gasteiger charge is 2.20. The Morgan fingerprint density at radius 1 is 1.33 bits per heavy atom. The molecule has 0 bridgehead atoms. The summed E-state index contributed by atoms with van der Waals surface area (Å²) in [5, 5.41) is 0.815. The number of anilines is 2. The number of benzene rings is 1. The molecule has 0 fully saturated rings. The molecular formula is C17H24FN3. The number of nitrogens with zero attached hydrogens (tertiary/aromatic N) is 2. The Kier molecular flexibility index (Phi) is 4.99. The number of hydrogen-bond acceptors (Lipinski definition) is 3. The molecule has 0 amide bonds. The van der Waals surface area contributed by atoms with Crippen LogP contribution < -0.4 is 10.6 Å². The van der Waals surface area contributed by atoms with E-state index in [0.29, 0.717) is 16.9 Å². The predicted molar refractivity (Wildman–Crippen MR) is 88.1 cm³/mol. The van der Waals surface area contributed by atoms with Crippen LogP contribution in [0, 0.1) is 5.82 Å². The van der Waals surface area contributed by atoms with Crippen LogP contribution >= 0.6 is 0 Å². The van der Waals surface area contributed by atoms with Crippen molar-refractivity contribution in [1.29, 1.82) is 0 Å². The van der Waals surface area contributed by atoms with Crippen LogP contribution in [0.5, 0.6) is 0 Å². The van der Waals surface area contributed by atoms with Gasteiger partial charge in [0.05, 0.1) is 5.52 Å². The van der Waals surface area contributed by atoms with Gasteiger partial charge in [-0.1, -0.05) is 19.8 Å². The van der Waals surface area contributed by atoms with Crippen LogP contribution in [0.4, 0.5) is 15.8 Å². The number of fused-ring (bicyclic) bond motifs is 1. The minimum Gasteiger partial charge on any atom is -0.398 e. The normalized spacial score (nSPS) is 11.3. The van der Waals surface area contributed by atoms with E-state index in [9.17, 15) is 4.39 Å². The predicted octanol–water partition coefficient (Wildman–Crippen LogP) is 4.36. The quantitative estimate of drug-likeness (QED) is 0.634. The second-order valence-electron chi connectivity index (χ2n) is 5.69. The fourth-order valence-electron chi connectivity index (χ4n) is 2.66. The maximum absolute atomic E-state index is 14.5. The molecule has 3 nitrogen and oxygen atoms in total. The lowest BCUT2D eigenvalue weighted by Crippen LogP contribution is -2.33. The van der Waals surface area contributed by atoms with Gasteiger partial charge in [-0.3, -0.25) is 4.98 Å². The van der Waals surface area contributed by atoms with Gasteiger partial charge in [-0.25, -0.2) is 4.39 Å². The van der Waals surface area contributed by atoms with E-state index in [1.54, 1.807) is 6.20 Å². The highest BCUT2D eigenvalue weighted by Crippen LogP contribution is 2.33. The SMILES string of the molecule is CCCCCN(c1c(F)cc(N)c2cccnc12)C(C)C. The average Bonchev–Trinajstić information content (AvgIpc) is 2.45. The average molecular weight is 289 g/mol. The second kappa shape index (κ2) is 6.74. The second-order valence-corrected chi connectivity index (χ2v) is 5.69. The zero-order chi connectivity index (χ0) is 15.4. The lowest BCUT2D eigenvalue weighted by molar-refractivity contribution is 0.586. The van der Waals surface area contributed by atoms with Crippen LogP contribution in [0.2, 0.25) is 0 Å². The van der Waals surface area contributed by atoms with Crippen LogP contribution in [0.1, 0.15) is 40.0 Å². The van der Waals surface area contributed by atoms with Crippen LogP contribution in [-0.4, -0.2) is 17.6 Å². The zero-order valence-corrected chi connectivity index (χ0v) is 13.1. The molecule has 114 valence electrons. The molecule has 0 aliphatic rings. The maximum atomic E-state index is 14.5. The van der Waals surface area contributed by atoms with Crippen LogP contribution in [0.25, 0.3) is 10.9 Å². The Balaban J connectivity index is 2.51. The lowest BCUT2D eigenvalue weighted by atomic mass is 10.1. The van der Waals surface area contributed by atoms with E-state index in [2.05, 4.69) is 30.7 Å². The standard InChI is InChI=1S/C17H24FN3/c1-4-5-6-10-21(12(2)3)17-14(18)11-15(19)13-8-7-9-20-16(13)17/h7-9,11-12H,4-6,10,19H2,1-3H3. The molecule has 21 heavy (non-hydrogen) atoms. The number of nitrogen functional groups attached to an aromatic ring is 1. The Hall–Kier alpha value is -1.84. The van der Waals surface area contributed by atoms with Crippen molar-refractivity contribution >= 4 is 22.3 Å². The van der Waals surface area contributed by atoms with Gasteiger partial charge in [-0.05, 0) is 38.5 Å². The van der Waals surface area contributed by atoms with E-state index in [0.717, 1.165) is 31.2 Å². The van der Waals surface area contributed by atoms with Crippen LogP contribution in [-0.2, 0) is 0 Å². The third-order valence-electron chi connectivity index (χ3n) is 3.76. The van der Waals surface area contributed by atoms with Gasteiger partial charge in [0.2, 0.25) is 0 Å². The van der Waals surface area contributed by atoms with Gasteiger partial charge >= 0.3 is 0 Å². The Bertz CT molecular complexity index is 610. The van der Waals surface area contributed by atoms with E-state index in [4.69, 9.17) is 5.73 Å². The van der Waals surface area contributed by atoms with E-state index in [-0.39, 0.29) is 11.9 Å². The molecule has 0 aliphatic heterocycles. The third kappa shape index (κ3) is 3.26. The number of halogens is 1. The molecule has 4 heteroatoms. The van der Waals surface area contributed by atoms with Crippen molar-refractivity contribution in [3.05, 3.63) is 30.2 Å². The number of aromatic nitrogens is 1. The number of nitrogens with two attached hydrogens (primary N) is 1. The molecule has 2 aromatic rings. The molecule has 1 aromatic carbocycles. The number of rotatable bonds is 6. The zero-order valence-electron chi connectivity index (χ0n) is 13.1. The monoisotopic (exact) mass is 289 g/mol. The first kappa shape index (κ1) is 15.5. The van der Waals surface area contributed by atoms with Gasteiger partial charge < -0.3 is 10.6 Å². The highest BCUT2D eigenvalue weighted by atomic mass is 19.1. The first-order valence-electron chi connectivity index (χ1n) is 7.65. The molecule has 0 atom stereocenters. The summed E-state index contributed by atoms with van der Waals surface area (Å²) >= 11 is 0.